The summed E-state index contributed by atoms with van der Waals surface area (Å²) in [5.74, 6) is 1.42. The second kappa shape index (κ2) is 5.98. The van der Waals surface area contributed by atoms with Crippen LogP contribution in [0.3, 0.4) is 0 Å². The number of rotatable bonds is 5. The summed E-state index contributed by atoms with van der Waals surface area (Å²) in [6.45, 7) is 0. The highest BCUT2D eigenvalue weighted by Crippen LogP contribution is 2.40. The topological polar surface area (TPSA) is 85.1 Å². The van der Waals surface area contributed by atoms with E-state index in [2.05, 4.69) is 30.8 Å². The Labute approximate surface area is 151 Å². The van der Waals surface area contributed by atoms with Crippen molar-refractivity contribution in [2.24, 2.45) is 0 Å². The molecule has 0 aliphatic heterocycles. The summed E-state index contributed by atoms with van der Waals surface area (Å²) in [5.41, 5.74) is 0.439. The van der Waals surface area contributed by atoms with Crippen molar-refractivity contribution in [2.45, 2.75) is 23.7 Å². The molecule has 0 bridgehead atoms. The molecule has 24 heavy (non-hydrogen) atoms. The van der Waals surface area contributed by atoms with Gasteiger partial charge in [0.2, 0.25) is 0 Å². The van der Waals surface area contributed by atoms with Crippen molar-refractivity contribution >= 4 is 43.0 Å². The first-order valence-corrected chi connectivity index (χ1v) is 10.4. The molecule has 1 aliphatic carbocycles. The zero-order valence-electron chi connectivity index (χ0n) is 12.3. The molecule has 1 aliphatic rings. The Hall–Kier alpha value is -1.71. The van der Waals surface area contributed by atoms with Crippen molar-refractivity contribution < 1.29 is 12.9 Å². The van der Waals surface area contributed by atoms with Gasteiger partial charge in [-0.3, -0.25) is 4.72 Å². The Balaban J connectivity index is 1.63. The summed E-state index contributed by atoms with van der Waals surface area (Å²) in [6, 6.07) is 8.14. The lowest BCUT2D eigenvalue weighted by molar-refractivity contribution is 0.423. The van der Waals surface area contributed by atoms with E-state index < -0.39 is 10.0 Å². The monoisotopic (exact) mass is 425 g/mol. The van der Waals surface area contributed by atoms with Crippen molar-refractivity contribution in [3.8, 4) is 10.8 Å². The van der Waals surface area contributed by atoms with Gasteiger partial charge in [-0.2, -0.15) is 4.98 Å². The average Bonchev–Trinajstić information content (AvgIpc) is 3.11. The molecule has 3 aromatic rings. The van der Waals surface area contributed by atoms with Crippen molar-refractivity contribution in [1.82, 2.24) is 10.1 Å². The summed E-state index contributed by atoms with van der Waals surface area (Å²) in [4.78, 5) is 5.19. The minimum Gasteiger partial charge on any atom is -0.333 e. The van der Waals surface area contributed by atoms with E-state index in [1.807, 2.05) is 0 Å². The zero-order valence-corrected chi connectivity index (χ0v) is 15.5. The molecule has 0 saturated heterocycles. The number of thiophene rings is 1. The molecule has 1 aromatic carbocycles. The zero-order chi connectivity index (χ0) is 16.7. The molecule has 1 N–H and O–H groups in total. The maximum atomic E-state index is 12.5. The molecule has 1 fully saturated rings. The minimum absolute atomic E-state index is 0.187. The number of aromatic nitrogens is 2. The van der Waals surface area contributed by atoms with Crippen LogP contribution in [0.25, 0.3) is 10.8 Å². The van der Waals surface area contributed by atoms with E-state index in [0.717, 1.165) is 17.3 Å². The van der Waals surface area contributed by atoms with E-state index >= 15 is 0 Å². The Kier molecular flexibility index (Phi) is 3.93. The van der Waals surface area contributed by atoms with Gasteiger partial charge in [0, 0.05) is 10.4 Å². The second-order valence-corrected chi connectivity index (χ2v) is 8.97. The second-order valence-electron chi connectivity index (χ2n) is 5.45. The van der Waals surface area contributed by atoms with E-state index in [-0.39, 0.29) is 4.90 Å². The van der Waals surface area contributed by atoms with Gasteiger partial charge in [0.1, 0.15) is 4.88 Å². The van der Waals surface area contributed by atoms with Crippen LogP contribution < -0.4 is 4.72 Å². The van der Waals surface area contributed by atoms with E-state index in [1.165, 1.54) is 23.5 Å². The minimum atomic E-state index is -3.68. The van der Waals surface area contributed by atoms with Crippen LogP contribution in [0.15, 0.2) is 49.6 Å². The highest BCUT2D eigenvalue weighted by molar-refractivity contribution is 9.10. The van der Waals surface area contributed by atoms with Crippen LogP contribution in [0, 0.1) is 0 Å². The van der Waals surface area contributed by atoms with Crippen LogP contribution in [-0.4, -0.2) is 18.6 Å². The molecule has 6 nitrogen and oxygen atoms in total. The highest BCUT2D eigenvalue weighted by Gasteiger charge is 2.30. The lowest BCUT2D eigenvalue weighted by Crippen LogP contribution is -2.12. The quantitative estimate of drug-likeness (QED) is 0.660. The van der Waals surface area contributed by atoms with E-state index in [0.29, 0.717) is 28.2 Å². The van der Waals surface area contributed by atoms with Gasteiger partial charge in [0.05, 0.1) is 10.6 Å². The fourth-order valence-corrected chi connectivity index (χ4v) is 4.38. The van der Waals surface area contributed by atoms with Gasteiger partial charge >= 0.3 is 0 Å². The number of halogens is 1. The largest absolute Gasteiger partial charge is 0.333 e. The normalized spacial score (nSPS) is 14.7. The molecule has 2 aromatic heterocycles. The molecule has 1 saturated carbocycles. The standard InChI is InChI=1S/C15H12BrN3O3S2/c16-10-3-5-11(6-4-10)24(20,21)19-12-7-8-23-13(12)15-17-14(18-22-15)9-1-2-9/h3-9,19H,1-2H2. The smallest absolute Gasteiger partial charge is 0.270 e. The summed E-state index contributed by atoms with van der Waals surface area (Å²) in [5, 5.41) is 5.77. The van der Waals surface area contributed by atoms with E-state index in [4.69, 9.17) is 4.52 Å². The number of nitrogens with zero attached hydrogens (tertiary/aromatic N) is 2. The van der Waals surface area contributed by atoms with Crippen molar-refractivity contribution in [3.05, 3.63) is 46.0 Å². The number of anilines is 1. The molecular formula is C15H12BrN3O3S2. The van der Waals surface area contributed by atoms with Gasteiger partial charge in [0.15, 0.2) is 5.82 Å². The fraction of sp³-hybridized carbons (Fsp3) is 0.200. The van der Waals surface area contributed by atoms with Gasteiger partial charge < -0.3 is 4.52 Å². The Morgan fingerprint density at radius 1 is 1.21 bits per heavy atom. The summed E-state index contributed by atoms with van der Waals surface area (Å²) < 4.78 is 33.8. The van der Waals surface area contributed by atoms with Crippen molar-refractivity contribution in [2.75, 3.05) is 4.72 Å². The van der Waals surface area contributed by atoms with E-state index in [9.17, 15) is 8.42 Å². The summed E-state index contributed by atoms with van der Waals surface area (Å²) in [7, 11) is -3.68. The molecule has 0 radical (unpaired) electrons. The van der Waals surface area contributed by atoms with Gasteiger partial charge in [-0.05, 0) is 48.6 Å². The fourth-order valence-electron chi connectivity index (χ4n) is 2.21. The number of sulfonamides is 1. The molecule has 9 heteroatoms. The predicted molar refractivity (Wildman–Crippen MR) is 94.5 cm³/mol. The molecule has 2 heterocycles. The van der Waals surface area contributed by atoms with Gasteiger partial charge in [-0.15, -0.1) is 11.3 Å². The Bertz CT molecular complexity index is 976. The third kappa shape index (κ3) is 3.11. The van der Waals surface area contributed by atoms with Crippen LogP contribution in [0.1, 0.15) is 24.6 Å². The first-order valence-electron chi connectivity index (χ1n) is 7.23. The SMILES string of the molecule is O=S(=O)(Nc1ccsc1-c1nc(C2CC2)no1)c1ccc(Br)cc1. The van der Waals surface area contributed by atoms with Crippen molar-refractivity contribution in [1.29, 1.82) is 0 Å². The third-order valence-corrected chi connectivity index (χ3v) is 6.42. The first-order chi connectivity index (χ1) is 11.5. The Morgan fingerprint density at radius 2 is 1.96 bits per heavy atom. The molecule has 0 unspecified atom stereocenters. The number of hydrogen-bond acceptors (Lipinski definition) is 6. The molecule has 0 atom stereocenters. The molecule has 0 spiro atoms. The molecule has 4 rings (SSSR count). The van der Waals surface area contributed by atoms with Crippen LogP contribution >= 0.6 is 27.3 Å². The van der Waals surface area contributed by atoms with Gasteiger partial charge in [0.25, 0.3) is 15.9 Å². The summed E-state index contributed by atoms with van der Waals surface area (Å²) >= 11 is 4.65. The van der Waals surface area contributed by atoms with Crippen LogP contribution in [0.5, 0.6) is 0 Å². The van der Waals surface area contributed by atoms with Crippen LogP contribution in [-0.2, 0) is 10.0 Å². The molecular weight excluding hydrogens is 414 g/mol. The molecule has 0 amide bonds. The van der Waals surface area contributed by atoms with Crippen LogP contribution in [0.2, 0.25) is 0 Å². The van der Waals surface area contributed by atoms with Crippen LogP contribution in [0.4, 0.5) is 5.69 Å². The summed E-state index contributed by atoms with van der Waals surface area (Å²) in [6.07, 6.45) is 2.15. The maximum Gasteiger partial charge on any atom is 0.270 e. The van der Waals surface area contributed by atoms with E-state index in [1.54, 1.807) is 23.6 Å². The first kappa shape index (κ1) is 15.8. The lowest BCUT2D eigenvalue weighted by atomic mass is 10.4. The maximum absolute atomic E-state index is 12.5. The Morgan fingerprint density at radius 3 is 2.67 bits per heavy atom. The van der Waals surface area contributed by atoms with Gasteiger partial charge in [-0.25, -0.2) is 8.42 Å². The highest BCUT2D eigenvalue weighted by atomic mass is 79.9. The molecule has 124 valence electrons. The number of hydrogen-bond donors (Lipinski definition) is 1. The number of benzene rings is 1. The predicted octanol–water partition coefficient (Wildman–Crippen LogP) is 4.24. The van der Waals surface area contributed by atoms with Crippen molar-refractivity contribution in [3.63, 3.8) is 0 Å². The lowest BCUT2D eigenvalue weighted by Gasteiger charge is -2.07. The number of nitrogens with one attached hydrogen (secondary N) is 1. The third-order valence-electron chi connectivity index (χ3n) is 3.61. The average molecular weight is 426 g/mol. The van der Waals surface area contributed by atoms with Gasteiger partial charge in [-0.1, -0.05) is 21.1 Å².